The van der Waals surface area contributed by atoms with E-state index in [0.717, 1.165) is 5.75 Å². The molecule has 0 bridgehead atoms. The Hall–Kier alpha value is -1.24. The summed E-state index contributed by atoms with van der Waals surface area (Å²) in [6.07, 6.45) is 2.54. The van der Waals surface area contributed by atoms with Crippen molar-refractivity contribution in [3.8, 4) is 5.75 Å². The second kappa shape index (κ2) is 3.25. The lowest BCUT2D eigenvalue weighted by Gasteiger charge is -2.07. The molecule has 1 heteroatoms. The van der Waals surface area contributed by atoms with Gasteiger partial charge in [-0.2, -0.15) is 0 Å². The van der Waals surface area contributed by atoms with Crippen molar-refractivity contribution in [2.45, 2.75) is 19.8 Å². The van der Waals surface area contributed by atoms with Gasteiger partial charge in [-0.1, -0.05) is 23.8 Å². The Balaban J connectivity index is 2.44. The number of ether oxygens (including phenoxy) is 1. The van der Waals surface area contributed by atoms with E-state index >= 15 is 0 Å². The molecule has 0 aliphatic heterocycles. The summed E-state index contributed by atoms with van der Waals surface area (Å²) in [5.74, 6) is 0.986. The van der Waals surface area contributed by atoms with Crippen molar-refractivity contribution < 1.29 is 4.74 Å². The fraction of sp³-hybridized carbons (Fsp3) is 0.333. The highest BCUT2D eigenvalue weighted by atomic mass is 16.5. The van der Waals surface area contributed by atoms with Crippen molar-refractivity contribution in [2.75, 3.05) is 7.11 Å². The summed E-state index contributed by atoms with van der Waals surface area (Å²) in [4.78, 5) is 0. The number of para-hydroxylation sites is 1. The van der Waals surface area contributed by atoms with Crippen molar-refractivity contribution in [1.29, 1.82) is 0 Å². The maximum atomic E-state index is 5.31. The highest BCUT2D eigenvalue weighted by molar-refractivity contribution is 5.73. The summed E-state index contributed by atoms with van der Waals surface area (Å²) < 4.78 is 5.31. The minimum atomic E-state index is 0.986. The molecule has 1 saturated carbocycles. The zero-order valence-corrected chi connectivity index (χ0v) is 8.13. The van der Waals surface area contributed by atoms with Crippen molar-refractivity contribution in [3.05, 3.63) is 35.4 Å². The highest BCUT2D eigenvalue weighted by Crippen LogP contribution is 2.38. The van der Waals surface area contributed by atoms with E-state index in [0.29, 0.717) is 0 Å². The van der Waals surface area contributed by atoms with Gasteiger partial charge in [-0.05, 0) is 31.4 Å². The summed E-state index contributed by atoms with van der Waals surface area (Å²) in [7, 11) is 1.73. The van der Waals surface area contributed by atoms with Crippen LogP contribution in [0.2, 0.25) is 0 Å². The first-order valence-corrected chi connectivity index (χ1v) is 4.65. The second-order valence-corrected chi connectivity index (χ2v) is 3.43. The lowest BCUT2D eigenvalue weighted by molar-refractivity contribution is 0.413. The summed E-state index contributed by atoms with van der Waals surface area (Å²) in [6, 6.07) is 8.21. The Labute approximate surface area is 79.0 Å². The highest BCUT2D eigenvalue weighted by Gasteiger charge is 2.17. The average molecular weight is 174 g/mol. The molecule has 0 N–H and O–H groups in total. The smallest absolute Gasteiger partial charge is 0.126 e. The van der Waals surface area contributed by atoms with Gasteiger partial charge in [-0.25, -0.2) is 0 Å². The fourth-order valence-electron chi connectivity index (χ4n) is 1.58. The normalized spacial score (nSPS) is 14.2. The van der Waals surface area contributed by atoms with Crippen molar-refractivity contribution in [3.63, 3.8) is 0 Å². The predicted molar refractivity (Wildman–Crippen MR) is 54.8 cm³/mol. The molecule has 0 unspecified atom stereocenters. The minimum absolute atomic E-state index is 0.986. The number of allylic oxidation sites excluding steroid dienone is 2. The van der Waals surface area contributed by atoms with E-state index in [1.807, 2.05) is 12.1 Å². The fourth-order valence-corrected chi connectivity index (χ4v) is 1.58. The van der Waals surface area contributed by atoms with Crippen LogP contribution in [0.3, 0.4) is 0 Å². The third kappa shape index (κ3) is 1.59. The van der Waals surface area contributed by atoms with Crippen molar-refractivity contribution in [1.82, 2.24) is 0 Å². The molecule has 1 fully saturated rings. The van der Waals surface area contributed by atoms with Crippen LogP contribution >= 0.6 is 0 Å². The number of benzene rings is 1. The molecule has 0 heterocycles. The van der Waals surface area contributed by atoms with Crippen LogP contribution in [0.25, 0.3) is 5.57 Å². The first-order valence-electron chi connectivity index (χ1n) is 4.65. The zero-order chi connectivity index (χ0) is 9.26. The Bertz CT molecular complexity index is 344. The molecule has 0 radical (unpaired) electrons. The summed E-state index contributed by atoms with van der Waals surface area (Å²) >= 11 is 0. The lowest BCUT2D eigenvalue weighted by atomic mass is 10.1. The molecule has 68 valence electrons. The largest absolute Gasteiger partial charge is 0.496 e. The van der Waals surface area contributed by atoms with Crippen LogP contribution in [0.15, 0.2) is 29.8 Å². The van der Waals surface area contributed by atoms with E-state index < -0.39 is 0 Å². The Kier molecular flexibility index (Phi) is 2.09. The quantitative estimate of drug-likeness (QED) is 0.668. The van der Waals surface area contributed by atoms with Crippen molar-refractivity contribution in [2.24, 2.45) is 0 Å². The summed E-state index contributed by atoms with van der Waals surface area (Å²) in [5, 5.41) is 0. The molecule has 0 spiro atoms. The average Bonchev–Trinajstić information content (AvgIpc) is 3.00. The topological polar surface area (TPSA) is 9.23 Å². The second-order valence-electron chi connectivity index (χ2n) is 3.43. The van der Waals surface area contributed by atoms with Crippen LogP contribution in [-0.4, -0.2) is 7.11 Å². The van der Waals surface area contributed by atoms with Crippen LogP contribution < -0.4 is 4.74 Å². The van der Waals surface area contributed by atoms with Gasteiger partial charge in [-0.3, -0.25) is 0 Å². The Morgan fingerprint density at radius 1 is 1.23 bits per heavy atom. The van der Waals surface area contributed by atoms with E-state index in [1.165, 1.54) is 24.0 Å². The van der Waals surface area contributed by atoms with E-state index in [2.05, 4.69) is 19.1 Å². The Morgan fingerprint density at radius 2 is 1.92 bits per heavy atom. The van der Waals surface area contributed by atoms with Crippen LogP contribution in [-0.2, 0) is 0 Å². The molecule has 0 atom stereocenters. The van der Waals surface area contributed by atoms with E-state index in [9.17, 15) is 0 Å². The first-order chi connectivity index (χ1) is 6.33. The first kappa shape index (κ1) is 8.36. The van der Waals surface area contributed by atoms with Crippen LogP contribution in [0, 0.1) is 0 Å². The molecule has 0 saturated heterocycles. The maximum absolute atomic E-state index is 5.31. The van der Waals surface area contributed by atoms with Crippen molar-refractivity contribution >= 4 is 5.57 Å². The number of methoxy groups -OCH3 is 1. The molecular formula is C12H14O. The van der Waals surface area contributed by atoms with Crippen LogP contribution in [0.5, 0.6) is 5.75 Å². The molecule has 1 aromatic carbocycles. The van der Waals surface area contributed by atoms with Gasteiger partial charge in [0.15, 0.2) is 0 Å². The predicted octanol–water partition coefficient (Wildman–Crippen LogP) is 3.26. The molecule has 13 heavy (non-hydrogen) atoms. The molecule has 1 nitrogen and oxygen atoms in total. The Morgan fingerprint density at radius 3 is 2.54 bits per heavy atom. The molecule has 1 aliphatic carbocycles. The summed E-state index contributed by atoms with van der Waals surface area (Å²) in [5.41, 5.74) is 4.22. The maximum Gasteiger partial charge on any atom is 0.126 e. The standard InChI is InChI=1S/C12H14O/c1-9(10-7-8-10)11-5-3-4-6-12(11)13-2/h3-6H,7-8H2,1-2H3. The van der Waals surface area contributed by atoms with Gasteiger partial charge in [-0.15, -0.1) is 0 Å². The van der Waals surface area contributed by atoms with Gasteiger partial charge in [0.25, 0.3) is 0 Å². The monoisotopic (exact) mass is 174 g/mol. The zero-order valence-electron chi connectivity index (χ0n) is 8.13. The van der Waals surface area contributed by atoms with Gasteiger partial charge < -0.3 is 4.74 Å². The number of rotatable bonds is 2. The molecule has 2 rings (SSSR count). The number of hydrogen-bond donors (Lipinski definition) is 0. The SMILES string of the molecule is COc1ccccc1C(C)=C1CC1. The van der Waals surface area contributed by atoms with E-state index in [-0.39, 0.29) is 0 Å². The third-order valence-corrected chi connectivity index (χ3v) is 2.54. The van der Waals surface area contributed by atoms with Gasteiger partial charge >= 0.3 is 0 Å². The van der Waals surface area contributed by atoms with E-state index in [1.54, 1.807) is 12.7 Å². The van der Waals surface area contributed by atoms with Gasteiger partial charge in [0.2, 0.25) is 0 Å². The van der Waals surface area contributed by atoms with Gasteiger partial charge in [0.1, 0.15) is 5.75 Å². The molecular weight excluding hydrogens is 160 g/mol. The summed E-state index contributed by atoms with van der Waals surface area (Å²) in [6.45, 7) is 2.18. The third-order valence-electron chi connectivity index (χ3n) is 2.54. The lowest BCUT2D eigenvalue weighted by Crippen LogP contribution is -1.88. The number of hydrogen-bond acceptors (Lipinski definition) is 1. The molecule has 1 aliphatic rings. The van der Waals surface area contributed by atoms with E-state index in [4.69, 9.17) is 4.74 Å². The van der Waals surface area contributed by atoms with Gasteiger partial charge in [0.05, 0.1) is 7.11 Å². The van der Waals surface area contributed by atoms with Crippen LogP contribution in [0.4, 0.5) is 0 Å². The minimum Gasteiger partial charge on any atom is -0.496 e. The molecule has 0 aromatic heterocycles. The molecule has 0 amide bonds. The van der Waals surface area contributed by atoms with Crippen LogP contribution in [0.1, 0.15) is 25.3 Å². The molecule has 1 aromatic rings. The van der Waals surface area contributed by atoms with Gasteiger partial charge in [0, 0.05) is 5.56 Å².